The number of pyridine rings is 1. The molecule has 1 aliphatic carbocycles. The van der Waals surface area contributed by atoms with Crippen LogP contribution in [0, 0.1) is 18.3 Å². The summed E-state index contributed by atoms with van der Waals surface area (Å²) in [6.45, 7) is 9.66. The summed E-state index contributed by atoms with van der Waals surface area (Å²) in [5.41, 5.74) is 2.55. The minimum absolute atomic E-state index is 0.00424. The quantitative estimate of drug-likeness (QED) is 0.726. The van der Waals surface area contributed by atoms with Crippen LogP contribution in [0.25, 0.3) is 5.57 Å². The summed E-state index contributed by atoms with van der Waals surface area (Å²) in [5, 5.41) is 0. The number of nitrogens with zero attached hydrogens (tertiary/aromatic N) is 5. The van der Waals surface area contributed by atoms with Gasteiger partial charge in [-0.25, -0.2) is 15.0 Å². The molecule has 5 rings (SSSR count). The van der Waals surface area contributed by atoms with Gasteiger partial charge in [0.15, 0.2) is 0 Å². The maximum Gasteiger partial charge on any atom is 0.238 e. The number of carbonyl (C=O) groups excluding carboxylic acids is 2. The van der Waals surface area contributed by atoms with Gasteiger partial charge < -0.3 is 0 Å². The minimum Gasteiger partial charge on any atom is -0.299 e. The smallest absolute Gasteiger partial charge is 0.238 e. The molecule has 2 aromatic rings. The van der Waals surface area contributed by atoms with Crippen molar-refractivity contribution in [3.63, 3.8) is 0 Å². The van der Waals surface area contributed by atoms with Crippen molar-refractivity contribution in [2.24, 2.45) is 11.3 Å². The van der Waals surface area contributed by atoms with Gasteiger partial charge >= 0.3 is 0 Å². The summed E-state index contributed by atoms with van der Waals surface area (Å²) < 4.78 is 0. The fraction of sp³-hybridized carbons (Fsp3) is 0.400. The third-order valence-corrected chi connectivity index (χ3v) is 7.15. The summed E-state index contributed by atoms with van der Waals surface area (Å²) in [4.78, 5) is 43.0. The second-order valence-electron chi connectivity index (χ2n) is 9.93. The van der Waals surface area contributed by atoms with Crippen LogP contribution in [-0.4, -0.2) is 33.8 Å². The molecular weight excluding hydrogens is 402 g/mol. The maximum absolute atomic E-state index is 13.6. The Morgan fingerprint density at radius 2 is 1.72 bits per heavy atom. The number of amides is 2. The SMILES string of the molecule is Cc1ncc(C2=CCC3C(=C2)N(c2ccc4c(n2)N(C)C(=O)C4(C)C)C(=O)C3(C)C)cn1. The van der Waals surface area contributed by atoms with Crippen molar-refractivity contribution in [2.75, 3.05) is 16.8 Å². The van der Waals surface area contributed by atoms with Gasteiger partial charge in [0.1, 0.15) is 17.5 Å². The second kappa shape index (κ2) is 6.58. The Hall–Kier alpha value is -3.35. The Morgan fingerprint density at radius 1 is 1.03 bits per heavy atom. The predicted octanol–water partition coefficient (Wildman–Crippen LogP) is 3.79. The van der Waals surface area contributed by atoms with Gasteiger partial charge in [-0.05, 0) is 44.9 Å². The van der Waals surface area contributed by atoms with Gasteiger partial charge in [-0.3, -0.25) is 19.4 Å². The molecule has 0 N–H and O–H groups in total. The first kappa shape index (κ1) is 20.5. The van der Waals surface area contributed by atoms with Gasteiger partial charge in [0.2, 0.25) is 11.8 Å². The Morgan fingerprint density at radius 3 is 2.41 bits per heavy atom. The number of carbonyl (C=O) groups is 2. The van der Waals surface area contributed by atoms with Crippen LogP contribution in [0.4, 0.5) is 11.6 Å². The molecule has 1 saturated heterocycles. The van der Waals surface area contributed by atoms with Crippen molar-refractivity contribution in [2.45, 2.75) is 46.5 Å². The molecule has 1 unspecified atom stereocenters. The number of fused-ring (bicyclic) bond motifs is 2. The van der Waals surface area contributed by atoms with Gasteiger partial charge in [-0.2, -0.15) is 0 Å². The standard InChI is InChI=1S/C25H27N5O2/c1-14-26-12-16(13-27-14)15-7-8-17-19(11-15)30(23(32)24(17,2)3)20-10-9-18-21(28-20)29(6)22(31)25(18,4)5/h7,9-13,17H,8H2,1-6H3. The molecule has 0 saturated carbocycles. The molecular formula is C25H27N5O2. The van der Waals surface area contributed by atoms with Crippen LogP contribution in [0.2, 0.25) is 0 Å². The van der Waals surface area contributed by atoms with E-state index in [9.17, 15) is 9.59 Å². The maximum atomic E-state index is 13.6. The number of likely N-dealkylation sites (N-methyl/N-ethyl adjacent to an activating group) is 1. The second-order valence-corrected chi connectivity index (χ2v) is 9.93. The van der Waals surface area contributed by atoms with E-state index in [-0.39, 0.29) is 17.7 Å². The lowest BCUT2D eigenvalue weighted by molar-refractivity contribution is -0.125. The van der Waals surface area contributed by atoms with Gasteiger partial charge in [-0.15, -0.1) is 0 Å². The number of hydrogen-bond donors (Lipinski definition) is 0. The normalized spacial score (nSPS) is 23.1. The Labute approximate surface area is 187 Å². The van der Waals surface area contributed by atoms with E-state index >= 15 is 0 Å². The first-order valence-electron chi connectivity index (χ1n) is 10.9. The number of allylic oxidation sites excluding steroid dienone is 4. The van der Waals surface area contributed by atoms with Crippen LogP contribution in [-0.2, 0) is 15.0 Å². The number of anilines is 2. The molecule has 7 nitrogen and oxygen atoms in total. The topological polar surface area (TPSA) is 79.3 Å². The highest BCUT2D eigenvalue weighted by molar-refractivity contribution is 6.08. The number of aromatic nitrogens is 3. The largest absolute Gasteiger partial charge is 0.299 e. The molecule has 1 atom stereocenters. The van der Waals surface area contributed by atoms with Crippen molar-refractivity contribution in [1.29, 1.82) is 0 Å². The molecule has 7 heteroatoms. The molecule has 0 spiro atoms. The first-order valence-corrected chi connectivity index (χ1v) is 10.9. The third-order valence-electron chi connectivity index (χ3n) is 7.15. The summed E-state index contributed by atoms with van der Waals surface area (Å²) in [6, 6.07) is 3.79. The van der Waals surface area contributed by atoms with Gasteiger partial charge in [-0.1, -0.05) is 26.0 Å². The Balaban J connectivity index is 1.61. The molecule has 2 amide bonds. The number of aryl methyl sites for hydroxylation is 1. The van der Waals surface area contributed by atoms with E-state index in [2.05, 4.69) is 22.1 Å². The summed E-state index contributed by atoms with van der Waals surface area (Å²) >= 11 is 0. The highest BCUT2D eigenvalue weighted by Gasteiger charge is 2.52. The third kappa shape index (κ3) is 2.70. The first-order chi connectivity index (χ1) is 15.0. The van der Waals surface area contributed by atoms with Gasteiger partial charge in [0.05, 0.1) is 10.8 Å². The molecule has 3 aliphatic rings. The fourth-order valence-corrected chi connectivity index (χ4v) is 5.04. The molecule has 0 bridgehead atoms. The lowest BCUT2D eigenvalue weighted by atomic mass is 9.75. The average Bonchev–Trinajstić information content (AvgIpc) is 3.07. The van der Waals surface area contributed by atoms with E-state index in [1.807, 2.05) is 59.1 Å². The zero-order valence-corrected chi connectivity index (χ0v) is 19.3. The van der Waals surface area contributed by atoms with Crippen molar-refractivity contribution in [3.05, 3.63) is 59.3 Å². The molecule has 1 fully saturated rings. The van der Waals surface area contributed by atoms with Crippen LogP contribution in [0.15, 0.2) is 42.4 Å². The lowest BCUT2D eigenvalue weighted by Gasteiger charge is -2.26. The van der Waals surface area contributed by atoms with Crippen LogP contribution in [0.5, 0.6) is 0 Å². The van der Waals surface area contributed by atoms with E-state index in [0.717, 1.165) is 34.6 Å². The van der Waals surface area contributed by atoms with Crippen LogP contribution < -0.4 is 9.80 Å². The van der Waals surface area contributed by atoms with Crippen LogP contribution >= 0.6 is 0 Å². The van der Waals surface area contributed by atoms with E-state index < -0.39 is 10.8 Å². The van der Waals surface area contributed by atoms with Gasteiger partial charge in [0, 0.05) is 42.2 Å². The van der Waals surface area contributed by atoms with E-state index in [4.69, 9.17) is 4.98 Å². The average molecular weight is 430 g/mol. The van der Waals surface area contributed by atoms with Crippen LogP contribution in [0.3, 0.4) is 0 Å². The molecule has 2 aliphatic heterocycles. The van der Waals surface area contributed by atoms with E-state index in [1.165, 1.54) is 0 Å². The molecule has 4 heterocycles. The fourth-order valence-electron chi connectivity index (χ4n) is 5.04. The molecule has 2 aromatic heterocycles. The summed E-state index contributed by atoms with van der Waals surface area (Å²) in [6.07, 6.45) is 8.59. The molecule has 164 valence electrons. The molecule has 0 aromatic carbocycles. The summed E-state index contributed by atoms with van der Waals surface area (Å²) in [7, 11) is 1.74. The number of rotatable bonds is 2. The molecule has 0 radical (unpaired) electrons. The van der Waals surface area contributed by atoms with E-state index in [0.29, 0.717) is 11.6 Å². The minimum atomic E-state index is -0.627. The van der Waals surface area contributed by atoms with E-state index in [1.54, 1.807) is 16.8 Å². The van der Waals surface area contributed by atoms with Crippen LogP contribution in [0.1, 0.15) is 51.1 Å². The lowest BCUT2D eigenvalue weighted by Crippen LogP contribution is -2.33. The zero-order valence-electron chi connectivity index (χ0n) is 19.3. The Kier molecular flexibility index (Phi) is 4.22. The number of hydrogen-bond acceptors (Lipinski definition) is 5. The highest BCUT2D eigenvalue weighted by atomic mass is 16.2. The van der Waals surface area contributed by atoms with Crippen molar-refractivity contribution < 1.29 is 9.59 Å². The predicted molar refractivity (Wildman–Crippen MR) is 123 cm³/mol. The van der Waals surface area contributed by atoms with Crippen molar-refractivity contribution in [1.82, 2.24) is 15.0 Å². The highest BCUT2D eigenvalue weighted by Crippen LogP contribution is 2.51. The Bertz CT molecular complexity index is 1220. The summed E-state index contributed by atoms with van der Waals surface area (Å²) in [5.74, 6) is 1.96. The van der Waals surface area contributed by atoms with Crippen molar-refractivity contribution >= 4 is 29.0 Å². The van der Waals surface area contributed by atoms with Crippen molar-refractivity contribution in [3.8, 4) is 0 Å². The monoisotopic (exact) mass is 429 g/mol. The van der Waals surface area contributed by atoms with Gasteiger partial charge in [0.25, 0.3) is 0 Å². The zero-order chi connectivity index (χ0) is 23.0. The molecule has 32 heavy (non-hydrogen) atoms.